The van der Waals surface area contributed by atoms with Gasteiger partial charge in [0.1, 0.15) is 0 Å². The van der Waals surface area contributed by atoms with E-state index in [1.54, 1.807) is 6.92 Å². The van der Waals surface area contributed by atoms with E-state index in [2.05, 4.69) is 22.2 Å². The lowest BCUT2D eigenvalue weighted by atomic mass is 10.2. The molecule has 2 atom stereocenters. The highest BCUT2D eigenvalue weighted by molar-refractivity contribution is 7.85. The first kappa shape index (κ1) is 23.0. The second-order valence-electron chi connectivity index (χ2n) is 6.39. The summed E-state index contributed by atoms with van der Waals surface area (Å²) in [6, 6.07) is -0.617. The number of aromatic nitrogens is 2. The predicted octanol–water partition coefficient (Wildman–Crippen LogP) is 0.581. The van der Waals surface area contributed by atoms with E-state index in [0.29, 0.717) is 11.4 Å². The zero-order valence-corrected chi connectivity index (χ0v) is 16.7. The molecule has 0 aliphatic heterocycles. The van der Waals surface area contributed by atoms with Crippen molar-refractivity contribution in [2.75, 3.05) is 18.1 Å². The van der Waals surface area contributed by atoms with Crippen LogP contribution in [0.1, 0.15) is 50.3 Å². The number of aliphatic hydroxyl groups is 1. The van der Waals surface area contributed by atoms with Crippen LogP contribution in [0.2, 0.25) is 0 Å². The summed E-state index contributed by atoms with van der Waals surface area (Å²) in [5.74, 6) is 0.221. The topological polar surface area (TPSA) is 132 Å². The van der Waals surface area contributed by atoms with E-state index >= 15 is 0 Å². The number of aromatic amines is 2. The molecule has 1 heterocycles. The van der Waals surface area contributed by atoms with Gasteiger partial charge in [0.15, 0.2) is 0 Å². The zero-order valence-electron chi connectivity index (χ0n) is 15.9. The molecule has 4 N–H and O–H groups in total. The fourth-order valence-corrected chi connectivity index (χ4v) is 3.86. The molecule has 27 heavy (non-hydrogen) atoms. The summed E-state index contributed by atoms with van der Waals surface area (Å²) in [5, 5.41) is 12.0. The maximum absolute atomic E-state index is 12.1. The van der Waals surface area contributed by atoms with Crippen molar-refractivity contribution >= 4 is 22.8 Å². The van der Waals surface area contributed by atoms with Crippen LogP contribution in [0.15, 0.2) is 15.7 Å². The Morgan fingerprint density at radius 1 is 1.22 bits per heavy atom. The molecule has 0 aliphatic rings. The van der Waals surface area contributed by atoms with Gasteiger partial charge in [0.05, 0.1) is 18.2 Å². The van der Waals surface area contributed by atoms with Gasteiger partial charge in [-0.05, 0) is 19.4 Å². The summed E-state index contributed by atoms with van der Waals surface area (Å²) in [6.45, 7) is 3.36. The summed E-state index contributed by atoms with van der Waals surface area (Å²) in [4.78, 5) is 39.4. The average molecular weight is 400 g/mol. The first-order chi connectivity index (χ1) is 12.9. The highest BCUT2D eigenvalue weighted by atomic mass is 32.2. The van der Waals surface area contributed by atoms with Crippen LogP contribution >= 0.6 is 0 Å². The molecule has 0 fully saturated rings. The number of nitrogens with one attached hydrogen (secondary N) is 3. The van der Waals surface area contributed by atoms with Gasteiger partial charge in [-0.25, -0.2) is 4.79 Å². The minimum atomic E-state index is -1.12. The molecule has 0 aliphatic carbocycles. The fraction of sp³-hybridized carbons (Fsp3) is 0.611. The minimum Gasteiger partial charge on any atom is -0.394 e. The van der Waals surface area contributed by atoms with E-state index in [4.69, 9.17) is 0 Å². The maximum atomic E-state index is 12.1. The van der Waals surface area contributed by atoms with Gasteiger partial charge in [0, 0.05) is 34.1 Å². The summed E-state index contributed by atoms with van der Waals surface area (Å²) < 4.78 is 12.1. The van der Waals surface area contributed by atoms with Gasteiger partial charge in [0.25, 0.3) is 5.56 Å². The van der Waals surface area contributed by atoms with E-state index in [0.717, 1.165) is 31.8 Å². The number of hydrogen-bond donors (Lipinski definition) is 4. The largest absolute Gasteiger partial charge is 0.394 e. The molecule has 1 rings (SSSR count). The smallest absolute Gasteiger partial charge is 0.325 e. The lowest BCUT2D eigenvalue weighted by Gasteiger charge is -2.14. The Morgan fingerprint density at radius 2 is 1.93 bits per heavy atom. The summed E-state index contributed by atoms with van der Waals surface area (Å²) in [7, 11) is -1.12. The fourth-order valence-electron chi connectivity index (χ4n) is 2.53. The van der Waals surface area contributed by atoms with Crippen molar-refractivity contribution in [3.63, 3.8) is 0 Å². The Labute approximate surface area is 160 Å². The molecule has 8 nitrogen and oxygen atoms in total. The summed E-state index contributed by atoms with van der Waals surface area (Å²) in [5.41, 5.74) is -0.698. The third-order valence-corrected chi connectivity index (χ3v) is 5.53. The molecule has 0 aromatic carbocycles. The van der Waals surface area contributed by atoms with Crippen LogP contribution in [-0.2, 0) is 15.6 Å². The summed E-state index contributed by atoms with van der Waals surface area (Å²) >= 11 is 0. The first-order valence-corrected chi connectivity index (χ1v) is 10.6. The van der Waals surface area contributed by atoms with Crippen LogP contribution < -0.4 is 16.6 Å². The van der Waals surface area contributed by atoms with Gasteiger partial charge in [0.2, 0.25) is 5.91 Å². The number of carbonyl (C=O) groups excluding carboxylic acids is 1. The van der Waals surface area contributed by atoms with Crippen LogP contribution in [0.25, 0.3) is 6.08 Å². The van der Waals surface area contributed by atoms with Crippen molar-refractivity contribution in [3.8, 4) is 0 Å². The number of H-pyrrole nitrogens is 2. The van der Waals surface area contributed by atoms with Crippen LogP contribution in [0.4, 0.5) is 0 Å². The molecule has 152 valence electrons. The van der Waals surface area contributed by atoms with Crippen molar-refractivity contribution in [1.82, 2.24) is 15.3 Å². The Morgan fingerprint density at radius 3 is 2.56 bits per heavy atom. The van der Waals surface area contributed by atoms with Gasteiger partial charge in [-0.1, -0.05) is 32.6 Å². The van der Waals surface area contributed by atoms with Crippen molar-refractivity contribution in [2.24, 2.45) is 0 Å². The highest BCUT2D eigenvalue weighted by Gasteiger charge is 2.13. The number of amides is 1. The molecule has 0 bridgehead atoms. The monoisotopic (exact) mass is 399 g/mol. The number of rotatable bonds is 12. The lowest BCUT2D eigenvalue weighted by molar-refractivity contribution is -0.117. The van der Waals surface area contributed by atoms with Crippen LogP contribution in [0, 0.1) is 6.92 Å². The lowest BCUT2D eigenvalue weighted by Crippen LogP contribution is -2.40. The molecule has 0 spiro atoms. The second kappa shape index (κ2) is 12.4. The summed E-state index contributed by atoms with van der Waals surface area (Å²) in [6.07, 6.45) is 7.79. The van der Waals surface area contributed by atoms with E-state index in [9.17, 15) is 23.7 Å². The van der Waals surface area contributed by atoms with Crippen LogP contribution in [-0.4, -0.2) is 49.3 Å². The Hall–Kier alpha value is -2.00. The molecule has 9 heteroatoms. The number of carbonyl (C=O) groups is 1. The molecule has 0 radical (unpaired) electrons. The van der Waals surface area contributed by atoms with E-state index in [1.807, 2.05) is 0 Å². The van der Waals surface area contributed by atoms with Crippen LogP contribution in [0.3, 0.4) is 0 Å². The number of aryl methyl sites for hydroxylation is 1. The van der Waals surface area contributed by atoms with E-state index in [-0.39, 0.29) is 17.9 Å². The molecule has 1 aromatic heterocycles. The number of hydrogen-bond acceptors (Lipinski definition) is 5. The van der Waals surface area contributed by atoms with Crippen molar-refractivity contribution < 1.29 is 14.1 Å². The normalized spacial score (nSPS) is 13.6. The van der Waals surface area contributed by atoms with Gasteiger partial charge in [-0.3, -0.25) is 18.8 Å². The molecule has 1 aromatic rings. The van der Waals surface area contributed by atoms with Crippen molar-refractivity contribution in [1.29, 1.82) is 0 Å². The SMILES string of the molecule is CCCCCCCS(=O)C[C@H](CO)NC(=O)/C=C/c1c(C)[nH]c(=O)[nH]c1=O. The maximum Gasteiger partial charge on any atom is 0.325 e. The molecular formula is C18H29N3O5S. The Kier molecular flexibility index (Phi) is 10.6. The third kappa shape index (κ3) is 8.96. The molecule has 1 unspecified atom stereocenters. The Bertz CT molecular complexity index is 769. The average Bonchev–Trinajstić information content (AvgIpc) is 2.60. The van der Waals surface area contributed by atoms with Gasteiger partial charge in [-0.15, -0.1) is 0 Å². The highest BCUT2D eigenvalue weighted by Crippen LogP contribution is 2.04. The predicted molar refractivity (Wildman–Crippen MR) is 107 cm³/mol. The quantitative estimate of drug-likeness (QED) is 0.301. The van der Waals surface area contributed by atoms with E-state index in [1.165, 1.54) is 12.5 Å². The third-order valence-electron chi connectivity index (χ3n) is 4.01. The van der Waals surface area contributed by atoms with Gasteiger partial charge in [-0.2, -0.15) is 0 Å². The number of aliphatic hydroxyl groups excluding tert-OH is 1. The van der Waals surface area contributed by atoms with Gasteiger partial charge < -0.3 is 15.4 Å². The molecule has 1 amide bonds. The van der Waals surface area contributed by atoms with E-state index < -0.39 is 34.0 Å². The molecular weight excluding hydrogens is 370 g/mol. The van der Waals surface area contributed by atoms with Crippen molar-refractivity contribution in [2.45, 2.75) is 52.0 Å². The Balaban J connectivity index is 2.52. The molecule has 0 saturated carbocycles. The standard InChI is InChI=1S/C18H29N3O5S/c1-3-4-5-6-7-10-27(26)12-14(11-22)20-16(23)9-8-15-13(2)19-18(25)21-17(15)24/h8-9,14,22H,3-7,10-12H2,1-2H3,(H,20,23)(H2,19,21,24,25)/b9-8+/t14-,27?/m0/s1. The van der Waals surface area contributed by atoms with Crippen LogP contribution in [0.5, 0.6) is 0 Å². The second-order valence-corrected chi connectivity index (χ2v) is 8.01. The number of unbranched alkanes of at least 4 members (excludes halogenated alkanes) is 4. The minimum absolute atomic E-state index is 0.168. The zero-order chi connectivity index (χ0) is 20.2. The first-order valence-electron chi connectivity index (χ1n) is 9.15. The van der Waals surface area contributed by atoms with Gasteiger partial charge >= 0.3 is 5.69 Å². The molecule has 0 saturated heterocycles. The van der Waals surface area contributed by atoms with Crippen molar-refractivity contribution in [3.05, 3.63) is 38.2 Å².